The fourth-order valence-electron chi connectivity index (χ4n) is 1.73. The van der Waals surface area contributed by atoms with E-state index in [1.54, 1.807) is 0 Å². The highest BCUT2D eigenvalue weighted by atomic mass is 35.5. The van der Waals surface area contributed by atoms with E-state index in [0.717, 1.165) is 5.56 Å². The molecule has 0 saturated heterocycles. The van der Waals surface area contributed by atoms with Gasteiger partial charge >= 0.3 is 0 Å². The average Bonchev–Trinajstić information content (AvgIpc) is 2.56. The van der Waals surface area contributed by atoms with Crippen molar-refractivity contribution in [2.45, 2.75) is 5.50 Å². The van der Waals surface area contributed by atoms with Gasteiger partial charge in [-0.2, -0.15) is 0 Å². The summed E-state index contributed by atoms with van der Waals surface area (Å²) in [7, 11) is 3.89. The molecule has 0 radical (unpaired) electrons. The molecule has 0 saturated carbocycles. The number of nitrogens with zero attached hydrogens (tertiary/aromatic N) is 1. The molecular weight excluding hydrogens is 196 g/mol. The van der Waals surface area contributed by atoms with E-state index in [0.29, 0.717) is 0 Å². The Morgan fingerprint density at radius 3 is 2.79 bits per heavy atom. The summed E-state index contributed by atoms with van der Waals surface area (Å²) >= 11 is 6.16. The van der Waals surface area contributed by atoms with Gasteiger partial charge in [0.05, 0.1) is 0 Å². The Kier molecular flexibility index (Phi) is 2.48. The second-order valence-electron chi connectivity index (χ2n) is 3.36. The molecule has 2 rings (SSSR count). The number of para-hydroxylation sites is 1. The first-order chi connectivity index (χ1) is 6.74. The summed E-state index contributed by atoms with van der Waals surface area (Å²) in [5.41, 5.74) is 2.22. The molecule has 2 aromatic rings. The van der Waals surface area contributed by atoms with Crippen LogP contribution < -0.4 is 5.32 Å². The number of alkyl halides is 1. The number of rotatable bonds is 2. The lowest BCUT2D eigenvalue weighted by atomic mass is 10.2. The summed E-state index contributed by atoms with van der Waals surface area (Å²) in [6.45, 7) is 0. The molecule has 1 heterocycles. The van der Waals surface area contributed by atoms with Crippen molar-refractivity contribution in [2.24, 2.45) is 7.05 Å². The average molecular weight is 209 g/mol. The zero-order chi connectivity index (χ0) is 10.1. The van der Waals surface area contributed by atoms with E-state index in [9.17, 15) is 0 Å². The third-order valence-electron chi connectivity index (χ3n) is 2.45. The lowest BCUT2D eigenvalue weighted by Crippen LogP contribution is -2.09. The van der Waals surface area contributed by atoms with Gasteiger partial charge in [0.1, 0.15) is 5.50 Å². The van der Waals surface area contributed by atoms with Crippen LogP contribution in [0, 0.1) is 0 Å². The van der Waals surface area contributed by atoms with E-state index in [2.05, 4.69) is 28.2 Å². The molecule has 0 fully saturated rings. The Labute approximate surface area is 88.5 Å². The van der Waals surface area contributed by atoms with Gasteiger partial charge in [-0.1, -0.05) is 18.2 Å². The second kappa shape index (κ2) is 3.64. The molecule has 3 heteroatoms. The first kappa shape index (κ1) is 9.56. The highest BCUT2D eigenvalue weighted by Gasteiger charge is 2.11. The quantitative estimate of drug-likeness (QED) is 0.593. The van der Waals surface area contributed by atoms with Crippen LogP contribution in [0.15, 0.2) is 30.5 Å². The van der Waals surface area contributed by atoms with Crippen LogP contribution in [0.1, 0.15) is 11.1 Å². The molecule has 0 aliphatic carbocycles. The third kappa shape index (κ3) is 1.41. The van der Waals surface area contributed by atoms with Gasteiger partial charge in [0.2, 0.25) is 0 Å². The Morgan fingerprint density at radius 2 is 2.07 bits per heavy atom. The third-order valence-corrected chi connectivity index (χ3v) is 2.91. The molecule has 0 aliphatic rings. The van der Waals surface area contributed by atoms with Crippen molar-refractivity contribution in [3.63, 3.8) is 0 Å². The minimum atomic E-state index is -0.124. The maximum absolute atomic E-state index is 6.16. The molecule has 1 aromatic carbocycles. The topological polar surface area (TPSA) is 17.0 Å². The van der Waals surface area contributed by atoms with E-state index >= 15 is 0 Å². The van der Waals surface area contributed by atoms with Crippen molar-refractivity contribution in [1.29, 1.82) is 0 Å². The van der Waals surface area contributed by atoms with Crippen molar-refractivity contribution < 1.29 is 0 Å². The normalized spacial score (nSPS) is 13.4. The first-order valence-electron chi connectivity index (χ1n) is 4.59. The minimum Gasteiger partial charge on any atom is -0.350 e. The molecular formula is C11H13ClN2. The lowest BCUT2D eigenvalue weighted by molar-refractivity contribution is 0.783. The summed E-state index contributed by atoms with van der Waals surface area (Å²) in [6.07, 6.45) is 2.07. The van der Waals surface area contributed by atoms with Gasteiger partial charge in [0.25, 0.3) is 0 Å². The Balaban J connectivity index is 2.66. The molecule has 1 atom stereocenters. The van der Waals surface area contributed by atoms with Gasteiger partial charge < -0.3 is 9.88 Å². The molecule has 1 N–H and O–H groups in total. The molecule has 0 aliphatic heterocycles. The molecule has 0 bridgehead atoms. The van der Waals surface area contributed by atoms with Crippen LogP contribution in [-0.4, -0.2) is 11.6 Å². The largest absolute Gasteiger partial charge is 0.350 e. The summed E-state index contributed by atoms with van der Waals surface area (Å²) in [5, 5.41) is 4.25. The minimum absolute atomic E-state index is 0.124. The van der Waals surface area contributed by atoms with Crippen LogP contribution in [0.5, 0.6) is 0 Å². The van der Waals surface area contributed by atoms with E-state index in [4.69, 9.17) is 11.6 Å². The molecule has 0 spiro atoms. The first-order valence-corrected chi connectivity index (χ1v) is 5.03. The monoisotopic (exact) mass is 208 g/mol. The van der Waals surface area contributed by atoms with Gasteiger partial charge in [0, 0.05) is 29.7 Å². The van der Waals surface area contributed by atoms with Crippen molar-refractivity contribution in [2.75, 3.05) is 7.05 Å². The van der Waals surface area contributed by atoms with Crippen molar-refractivity contribution in [3.05, 3.63) is 36.0 Å². The number of aryl methyl sites for hydroxylation is 1. The number of hydrogen-bond donors (Lipinski definition) is 1. The maximum Gasteiger partial charge on any atom is 0.110 e. The van der Waals surface area contributed by atoms with Gasteiger partial charge in [-0.15, -0.1) is 11.6 Å². The number of fused-ring (bicyclic) bond motifs is 1. The number of aromatic nitrogens is 1. The van der Waals surface area contributed by atoms with Crippen LogP contribution in [0.4, 0.5) is 0 Å². The Hall–Kier alpha value is -0.990. The highest BCUT2D eigenvalue weighted by molar-refractivity contribution is 6.21. The summed E-state index contributed by atoms with van der Waals surface area (Å²) in [4.78, 5) is 0. The lowest BCUT2D eigenvalue weighted by Gasteiger charge is -2.05. The van der Waals surface area contributed by atoms with Crippen molar-refractivity contribution >= 4 is 22.5 Å². The number of nitrogens with one attached hydrogen (secondary N) is 1. The van der Waals surface area contributed by atoms with Gasteiger partial charge in [-0.05, 0) is 13.1 Å². The van der Waals surface area contributed by atoms with E-state index in [-0.39, 0.29) is 5.50 Å². The zero-order valence-electron chi connectivity index (χ0n) is 8.29. The van der Waals surface area contributed by atoms with Gasteiger partial charge in [-0.25, -0.2) is 0 Å². The molecule has 2 nitrogen and oxygen atoms in total. The Morgan fingerprint density at radius 1 is 1.36 bits per heavy atom. The predicted octanol–water partition coefficient (Wildman–Crippen LogP) is 2.64. The van der Waals surface area contributed by atoms with Crippen molar-refractivity contribution in [3.8, 4) is 0 Å². The molecule has 1 unspecified atom stereocenters. The smallest absolute Gasteiger partial charge is 0.110 e. The van der Waals surface area contributed by atoms with Gasteiger partial charge in [0.15, 0.2) is 0 Å². The predicted molar refractivity (Wildman–Crippen MR) is 60.6 cm³/mol. The van der Waals surface area contributed by atoms with Crippen molar-refractivity contribution in [1.82, 2.24) is 9.88 Å². The zero-order valence-corrected chi connectivity index (χ0v) is 9.05. The highest BCUT2D eigenvalue weighted by Crippen LogP contribution is 2.27. The summed E-state index contributed by atoms with van der Waals surface area (Å²) in [6, 6.07) is 8.26. The van der Waals surface area contributed by atoms with Crippen LogP contribution in [0.25, 0.3) is 10.9 Å². The molecule has 0 amide bonds. The van der Waals surface area contributed by atoms with Gasteiger partial charge in [-0.3, -0.25) is 0 Å². The number of benzene rings is 1. The van der Waals surface area contributed by atoms with E-state index in [1.165, 1.54) is 10.9 Å². The maximum atomic E-state index is 6.16. The van der Waals surface area contributed by atoms with Crippen LogP contribution in [0.2, 0.25) is 0 Å². The number of hydrogen-bond acceptors (Lipinski definition) is 1. The summed E-state index contributed by atoms with van der Waals surface area (Å²) < 4.78 is 2.09. The standard InChI is InChI=1S/C11H13ClN2/c1-13-11(12)9-7-14(2)10-6-4-3-5-8(9)10/h3-7,11,13H,1-2H3. The fourth-order valence-corrected chi connectivity index (χ4v) is 1.90. The number of halogens is 1. The second-order valence-corrected chi connectivity index (χ2v) is 3.80. The molecule has 1 aromatic heterocycles. The van der Waals surface area contributed by atoms with Crippen LogP contribution in [0.3, 0.4) is 0 Å². The van der Waals surface area contributed by atoms with E-state index < -0.39 is 0 Å². The summed E-state index contributed by atoms with van der Waals surface area (Å²) in [5.74, 6) is 0. The molecule has 74 valence electrons. The SMILES string of the molecule is CNC(Cl)c1cn(C)c2ccccc12. The van der Waals surface area contributed by atoms with E-state index in [1.807, 2.05) is 26.2 Å². The fraction of sp³-hybridized carbons (Fsp3) is 0.273. The van der Waals surface area contributed by atoms with Crippen LogP contribution >= 0.6 is 11.6 Å². The molecule has 14 heavy (non-hydrogen) atoms. The Bertz CT molecular complexity index is 447. The van der Waals surface area contributed by atoms with Crippen LogP contribution in [-0.2, 0) is 7.05 Å².